The highest BCUT2D eigenvalue weighted by Crippen LogP contribution is 2.31. The number of aliphatic hydroxyl groups is 2. The van der Waals surface area contributed by atoms with E-state index in [1.54, 1.807) is 6.07 Å². The highest BCUT2D eigenvalue weighted by molar-refractivity contribution is 6.33. The average molecular weight is 466 g/mol. The fraction of sp³-hybridized carbons (Fsp3) is 0.280. The number of hydrogen-bond donors (Lipinski definition) is 3. The largest absolute Gasteiger partial charge is 0.459 e. The van der Waals surface area contributed by atoms with Gasteiger partial charge < -0.3 is 24.7 Å². The first kappa shape index (κ1) is 21.9. The number of nitrogens with one attached hydrogen (secondary N) is 1. The molecule has 0 spiro atoms. The lowest BCUT2D eigenvalue weighted by Crippen LogP contribution is -2.45. The van der Waals surface area contributed by atoms with Gasteiger partial charge >= 0.3 is 0 Å². The molecule has 0 aliphatic carbocycles. The van der Waals surface area contributed by atoms with Gasteiger partial charge in [-0.05, 0) is 24.1 Å². The van der Waals surface area contributed by atoms with Crippen LogP contribution < -0.4 is 4.74 Å². The van der Waals surface area contributed by atoms with Crippen molar-refractivity contribution in [3.05, 3.63) is 65.2 Å². The Morgan fingerprint density at radius 2 is 1.73 bits per heavy atom. The summed E-state index contributed by atoms with van der Waals surface area (Å²) in [5.74, 6) is 0. The van der Waals surface area contributed by atoms with Gasteiger partial charge in [-0.15, -0.1) is 0 Å². The van der Waals surface area contributed by atoms with Crippen LogP contribution in [0, 0.1) is 6.92 Å². The third kappa shape index (κ3) is 4.58. The summed E-state index contributed by atoms with van der Waals surface area (Å²) >= 11 is 6.54. The Hall–Kier alpha value is -2.97. The number of aryl methyl sites for hydroxylation is 1. The summed E-state index contributed by atoms with van der Waals surface area (Å²) in [6.07, 6.45) is -1.41. The normalized spacial score (nSPS) is 20.8. The number of fused-ring (bicyclic) bond motifs is 1. The highest BCUT2D eigenvalue weighted by atomic mass is 35.5. The third-order valence-corrected chi connectivity index (χ3v) is 6.12. The second-order valence-electron chi connectivity index (χ2n) is 8.27. The molecule has 1 saturated heterocycles. The minimum Gasteiger partial charge on any atom is -0.459 e. The zero-order chi connectivity index (χ0) is 22.9. The fourth-order valence-corrected chi connectivity index (χ4v) is 4.23. The highest BCUT2D eigenvalue weighted by Gasteiger charge is 2.31. The maximum Gasteiger partial charge on any atom is 0.296 e. The summed E-state index contributed by atoms with van der Waals surface area (Å²) in [5.41, 5.74) is 6.16. The average Bonchev–Trinajstić information content (AvgIpc) is 3.20. The van der Waals surface area contributed by atoms with Gasteiger partial charge in [-0.1, -0.05) is 65.7 Å². The van der Waals surface area contributed by atoms with E-state index in [0.29, 0.717) is 28.3 Å². The van der Waals surface area contributed by atoms with E-state index in [1.807, 2.05) is 12.1 Å². The summed E-state index contributed by atoms with van der Waals surface area (Å²) in [6, 6.07) is 18.6. The molecule has 7 nitrogen and oxygen atoms in total. The predicted molar refractivity (Wildman–Crippen MR) is 126 cm³/mol. The number of aromatic nitrogens is 3. The van der Waals surface area contributed by atoms with Crippen LogP contribution in [0.1, 0.15) is 12.0 Å². The zero-order valence-electron chi connectivity index (χ0n) is 18.0. The van der Waals surface area contributed by atoms with Crippen LogP contribution in [-0.4, -0.2) is 56.7 Å². The number of benzene rings is 2. The Kier molecular flexibility index (Phi) is 6.03. The molecule has 33 heavy (non-hydrogen) atoms. The van der Waals surface area contributed by atoms with Crippen LogP contribution in [0.25, 0.3) is 33.5 Å². The molecule has 3 atom stereocenters. The van der Waals surface area contributed by atoms with Gasteiger partial charge in [-0.2, -0.15) is 4.98 Å². The molecule has 5 rings (SSSR count). The van der Waals surface area contributed by atoms with Crippen molar-refractivity contribution in [2.45, 2.75) is 31.7 Å². The number of nitrogens with zero attached hydrogens (tertiary/aromatic N) is 2. The van der Waals surface area contributed by atoms with E-state index in [2.05, 4.69) is 58.3 Å². The Bertz CT molecular complexity index is 1260. The molecule has 0 saturated carbocycles. The molecule has 4 aromatic rings. The monoisotopic (exact) mass is 465 g/mol. The molecule has 3 N–H and O–H groups in total. The van der Waals surface area contributed by atoms with E-state index >= 15 is 0 Å². The molecule has 3 heterocycles. The molecule has 0 radical (unpaired) electrons. The Morgan fingerprint density at radius 1 is 1.06 bits per heavy atom. The van der Waals surface area contributed by atoms with Crippen LogP contribution >= 0.6 is 11.6 Å². The van der Waals surface area contributed by atoms with Crippen LogP contribution in [0.15, 0.2) is 54.6 Å². The lowest BCUT2D eigenvalue weighted by molar-refractivity contribution is -0.131. The van der Waals surface area contributed by atoms with Crippen LogP contribution in [0.2, 0.25) is 5.02 Å². The number of hydrogen-bond acceptors (Lipinski definition) is 6. The molecule has 1 aliphatic heterocycles. The smallest absolute Gasteiger partial charge is 0.296 e. The molecule has 2 aromatic heterocycles. The van der Waals surface area contributed by atoms with E-state index in [-0.39, 0.29) is 25.3 Å². The number of H-pyrrole nitrogens is 1. The third-order valence-electron chi connectivity index (χ3n) is 5.84. The van der Waals surface area contributed by atoms with E-state index < -0.39 is 12.2 Å². The van der Waals surface area contributed by atoms with Gasteiger partial charge in [0.2, 0.25) is 0 Å². The minimum absolute atomic E-state index is 0.226. The standard InChI is InChI=1S/C25H24ClN3O4/c1-14-2-4-15(5-3-14)16-6-8-17(9-7-16)23-19(26)11-20-24(28-23)29-25(27-20)33-18-10-21(31)22(12-30)32-13-18/h2-9,11,18,21-22,30-31H,10,12-13H2,1H3,(H,27,28,29)/t18-,21+,22-/m1/s1. The number of ether oxygens (including phenoxy) is 2. The zero-order valence-corrected chi connectivity index (χ0v) is 18.8. The number of aliphatic hydroxyl groups excluding tert-OH is 2. The van der Waals surface area contributed by atoms with Crippen molar-refractivity contribution in [1.82, 2.24) is 15.0 Å². The Labute approximate surface area is 196 Å². The summed E-state index contributed by atoms with van der Waals surface area (Å²) in [6.45, 7) is 2.10. The summed E-state index contributed by atoms with van der Waals surface area (Å²) in [5, 5.41) is 19.7. The molecule has 0 amide bonds. The van der Waals surface area contributed by atoms with E-state index in [9.17, 15) is 10.2 Å². The van der Waals surface area contributed by atoms with Crippen LogP contribution in [-0.2, 0) is 4.74 Å². The number of rotatable bonds is 5. The van der Waals surface area contributed by atoms with E-state index in [1.165, 1.54) is 5.56 Å². The molecule has 1 fully saturated rings. The predicted octanol–water partition coefficient (Wildman–Crippen LogP) is 4.14. The summed E-state index contributed by atoms with van der Waals surface area (Å²) < 4.78 is 11.3. The van der Waals surface area contributed by atoms with Gasteiger partial charge in [-0.25, -0.2) is 4.98 Å². The first-order valence-corrected chi connectivity index (χ1v) is 11.2. The summed E-state index contributed by atoms with van der Waals surface area (Å²) in [7, 11) is 0. The number of aromatic amines is 1. The van der Waals surface area contributed by atoms with Gasteiger partial charge in [0.05, 0.1) is 35.6 Å². The lowest BCUT2D eigenvalue weighted by atomic mass is 10.0. The van der Waals surface area contributed by atoms with Crippen molar-refractivity contribution in [3.8, 4) is 28.4 Å². The van der Waals surface area contributed by atoms with Crippen molar-refractivity contribution in [1.29, 1.82) is 0 Å². The van der Waals surface area contributed by atoms with Crippen LogP contribution in [0.4, 0.5) is 0 Å². The lowest BCUT2D eigenvalue weighted by Gasteiger charge is -2.31. The SMILES string of the molecule is Cc1ccc(-c2ccc(-c3nc4nc(O[C@H]5CO[C@H](CO)[C@@H](O)C5)[nH]c4cc3Cl)cc2)cc1. The fourth-order valence-electron chi connectivity index (χ4n) is 3.97. The molecule has 170 valence electrons. The maximum absolute atomic E-state index is 10.0. The Morgan fingerprint density at radius 3 is 2.39 bits per heavy atom. The van der Waals surface area contributed by atoms with Crippen molar-refractivity contribution >= 4 is 22.8 Å². The number of halogens is 1. The van der Waals surface area contributed by atoms with Gasteiger partial charge in [0.1, 0.15) is 12.2 Å². The molecule has 8 heteroatoms. The van der Waals surface area contributed by atoms with Crippen molar-refractivity contribution in [3.63, 3.8) is 0 Å². The van der Waals surface area contributed by atoms with E-state index in [0.717, 1.165) is 16.7 Å². The molecule has 1 aliphatic rings. The topological polar surface area (TPSA) is 100 Å². The van der Waals surface area contributed by atoms with Crippen molar-refractivity contribution < 1.29 is 19.7 Å². The second kappa shape index (κ2) is 9.11. The van der Waals surface area contributed by atoms with Gasteiger partial charge in [0.15, 0.2) is 5.65 Å². The Balaban J connectivity index is 1.36. The first-order chi connectivity index (χ1) is 16.0. The quantitative estimate of drug-likeness (QED) is 0.409. The number of pyridine rings is 1. The maximum atomic E-state index is 10.0. The van der Waals surface area contributed by atoms with Gasteiger partial charge in [0, 0.05) is 12.0 Å². The van der Waals surface area contributed by atoms with Crippen molar-refractivity contribution in [2.75, 3.05) is 13.2 Å². The molecular weight excluding hydrogens is 442 g/mol. The number of imidazole rings is 1. The van der Waals surface area contributed by atoms with E-state index in [4.69, 9.17) is 21.1 Å². The molecule has 0 unspecified atom stereocenters. The second-order valence-corrected chi connectivity index (χ2v) is 8.68. The van der Waals surface area contributed by atoms with Gasteiger partial charge in [-0.3, -0.25) is 0 Å². The van der Waals surface area contributed by atoms with Gasteiger partial charge in [0.25, 0.3) is 6.01 Å². The minimum atomic E-state index is -0.791. The summed E-state index contributed by atoms with van der Waals surface area (Å²) in [4.78, 5) is 12.2. The van der Waals surface area contributed by atoms with Crippen LogP contribution in [0.3, 0.4) is 0 Å². The van der Waals surface area contributed by atoms with Crippen LogP contribution in [0.5, 0.6) is 6.01 Å². The molecule has 2 aromatic carbocycles. The first-order valence-electron chi connectivity index (χ1n) is 10.8. The van der Waals surface area contributed by atoms with Crippen molar-refractivity contribution in [2.24, 2.45) is 0 Å². The molecule has 0 bridgehead atoms. The molecular formula is C25H24ClN3O4.